The third-order valence-electron chi connectivity index (χ3n) is 2.27. The van der Waals surface area contributed by atoms with Crippen LogP contribution in [0, 0.1) is 6.92 Å². The Balaban J connectivity index is 2.35. The lowest BCUT2D eigenvalue weighted by molar-refractivity contribution is 0.871. The normalized spacial score (nSPS) is 10.5. The number of aromatic nitrogens is 3. The Kier molecular flexibility index (Phi) is 3.97. The quantitative estimate of drug-likeness (QED) is 0.796. The van der Waals surface area contributed by atoms with Crippen molar-refractivity contribution in [2.75, 3.05) is 0 Å². The third-order valence-corrected chi connectivity index (χ3v) is 3.74. The lowest BCUT2D eigenvalue weighted by Gasteiger charge is -2.07. The van der Waals surface area contributed by atoms with Gasteiger partial charge in [0, 0.05) is 29.3 Å². The summed E-state index contributed by atoms with van der Waals surface area (Å²) in [5.74, 6) is 0.775. The van der Waals surface area contributed by atoms with Crippen LogP contribution in [0.4, 0.5) is 0 Å². The maximum absolute atomic E-state index is 6.09. The number of hydrogen-bond acceptors (Lipinski definition) is 4. The Morgan fingerprint density at radius 1 is 1.24 bits per heavy atom. The van der Waals surface area contributed by atoms with Crippen LogP contribution in [0.15, 0.2) is 34.4 Å². The molecule has 2 aromatic rings. The Morgan fingerprint density at radius 2 is 1.94 bits per heavy atom. The van der Waals surface area contributed by atoms with Gasteiger partial charge in [-0.1, -0.05) is 30.3 Å². The largest absolute Gasteiger partial charge is 0.265 e. The summed E-state index contributed by atoms with van der Waals surface area (Å²) in [6, 6.07) is 3.90. The van der Waals surface area contributed by atoms with Crippen molar-refractivity contribution in [3.05, 3.63) is 41.1 Å². The average Bonchev–Trinajstić information content (AvgIpc) is 2.36. The van der Waals surface area contributed by atoms with E-state index in [4.69, 9.17) is 11.6 Å². The molecule has 0 atom stereocenters. The molecule has 0 aromatic carbocycles. The van der Waals surface area contributed by atoms with Gasteiger partial charge in [0.05, 0.1) is 0 Å². The molecule has 0 N–H and O–H groups in total. The molecule has 5 heteroatoms. The number of halogens is 1. The van der Waals surface area contributed by atoms with Crippen LogP contribution in [0.5, 0.6) is 0 Å². The van der Waals surface area contributed by atoms with Crippen LogP contribution in [-0.2, 0) is 6.42 Å². The zero-order valence-corrected chi connectivity index (χ0v) is 11.2. The summed E-state index contributed by atoms with van der Waals surface area (Å²) >= 11 is 7.67. The molecule has 0 radical (unpaired) electrons. The summed E-state index contributed by atoms with van der Waals surface area (Å²) in [6.45, 7) is 3.95. The van der Waals surface area contributed by atoms with E-state index in [0.29, 0.717) is 5.15 Å². The number of hydrogen-bond donors (Lipinski definition) is 0. The first-order valence-corrected chi connectivity index (χ1v) is 6.51. The highest BCUT2D eigenvalue weighted by Gasteiger charge is 2.09. The summed E-state index contributed by atoms with van der Waals surface area (Å²) in [5.41, 5.74) is 0.922. The Labute approximate surface area is 110 Å². The summed E-state index contributed by atoms with van der Waals surface area (Å²) in [4.78, 5) is 13.8. The highest BCUT2D eigenvalue weighted by molar-refractivity contribution is 7.99. The van der Waals surface area contributed by atoms with Gasteiger partial charge in [-0.25, -0.2) is 9.97 Å². The first-order valence-electron chi connectivity index (χ1n) is 5.31. The second-order valence-corrected chi connectivity index (χ2v) is 4.92. The lowest BCUT2D eigenvalue weighted by Crippen LogP contribution is -1.98. The molecule has 0 aliphatic heterocycles. The van der Waals surface area contributed by atoms with Gasteiger partial charge >= 0.3 is 0 Å². The van der Waals surface area contributed by atoms with Crippen molar-refractivity contribution in [1.29, 1.82) is 0 Å². The highest BCUT2D eigenvalue weighted by Crippen LogP contribution is 2.30. The van der Waals surface area contributed by atoms with Crippen molar-refractivity contribution in [1.82, 2.24) is 15.0 Å². The molecule has 0 bridgehead atoms. The monoisotopic (exact) mass is 265 g/mol. The predicted molar refractivity (Wildman–Crippen MR) is 69.5 cm³/mol. The molecule has 0 saturated heterocycles. The van der Waals surface area contributed by atoms with Gasteiger partial charge in [0.25, 0.3) is 0 Å². The van der Waals surface area contributed by atoms with Gasteiger partial charge in [-0.05, 0) is 19.1 Å². The van der Waals surface area contributed by atoms with Crippen LogP contribution in [0.3, 0.4) is 0 Å². The van der Waals surface area contributed by atoms with Crippen molar-refractivity contribution in [3.63, 3.8) is 0 Å². The molecule has 2 aromatic heterocycles. The van der Waals surface area contributed by atoms with E-state index in [2.05, 4.69) is 15.0 Å². The Bertz CT molecular complexity index is 517. The molecule has 2 heterocycles. The first kappa shape index (κ1) is 12.3. The molecule has 0 aliphatic carbocycles. The van der Waals surface area contributed by atoms with Gasteiger partial charge in [0.1, 0.15) is 16.0 Å². The average molecular weight is 266 g/mol. The molecule has 0 amide bonds. The second-order valence-electron chi connectivity index (χ2n) is 3.50. The van der Waals surface area contributed by atoms with Crippen LogP contribution >= 0.6 is 23.4 Å². The van der Waals surface area contributed by atoms with E-state index in [1.54, 1.807) is 24.2 Å². The zero-order chi connectivity index (χ0) is 12.3. The maximum Gasteiger partial charge on any atom is 0.136 e. The molecule has 0 unspecified atom stereocenters. The fraction of sp³-hybridized carbons (Fsp3) is 0.250. The van der Waals surface area contributed by atoms with Crippen LogP contribution in [-0.4, -0.2) is 15.0 Å². The van der Waals surface area contributed by atoms with Gasteiger partial charge in [-0.3, -0.25) is 4.98 Å². The number of pyridine rings is 1. The smallest absolute Gasteiger partial charge is 0.136 e. The van der Waals surface area contributed by atoms with E-state index < -0.39 is 0 Å². The van der Waals surface area contributed by atoms with Gasteiger partial charge in [0.15, 0.2) is 0 Å². The topological polar surface area (TPSA) is 38.7 Å². The standard InChI is InChI=1S/C12H12ClN3S/c1-3-10-15-11(13)8(2)12(16-10)17-9-4-6-14-7-5-9/h4-7H,3H2,1-2H3. The van der Waals surface area contributed by atoms with Crippen molar-refractivity contribution >= 4 is 23.4 Å². The zero-order valence-electron chi connectivity index (χ0n) is 9.64. The third kappa shape index (κ3) is 2.96. The van der Waals surface area contributed by atoms with E-state index in [0.717, 1.165) is 27.7 Å². The molecule has 17 heavy (non-hydrogen) atoms. The maximum atomic E-state index is 6.09. The fourth-order valence-electron chi connectivity index (χ4n) is 1.29. The number of nitrogens with zero attached hydrogens (tertiary/aromatic N) is 3. The van der Waals surface area contributed by atoms with Gasteiger partial charge in [-0.2, -0.15) is 0 Å². The molecular formula is C12H12ClN3S. The SMILES string of the molecule is CCc1nc(Cl)c(C)c(Sc2ccncc2)n1. The Morgan fingerprint density at radius 3 is 2.59 bits per heavy atom. The van der Waals surface area contributed by atoms with E-state index in [1.165, 1.54) is 0 Å². The number of rotatable bonds is 3. The minimum absolute atomic E-state index is 0.536. The van der Waals surface area contributed by atoms with Crippen molar-refractivity contribution in [2.45, 2.75) is 30.2 Å². The molecular weight excluding hydrogens is 254 g/mol. The second kappa shape index (κ2) is 5.47. The molecule has 0 aliphatic rings. The predicted octanol–water partition coefficient (Wildman–Crippen LogP) is 3.55. The molecule has 88 valence electrons. The van der Waals surface area contributed by atoms with Crippen molar-refractivity contribution in [3.8, 4) is 0 Å². The lowest BCUT2D eigenvalue weighted by atomic mass is 10.3. The summed E-state index contributed by atoms with van der Waals surface area (Å²) in [6.07, 6.45) is 4.31. The van der Waals surface area contributed by atoms with Gasteiger partial charge < -0.3 is 0 Å². The highest BCUT2D eigenvalue weighted by atomic mass is 35.5. The van der Waals surface area contributed by atoms with Crippen LogP contribution < -0.4 is 0 Å². The van der Waals surface area contributed by atoms with Crippen molar-refractivity contribution < 1.29 is 0 Å². The van der Waals surface area contributed by atoms with Crippen LogP contribution in [0.2, 0.25) is 5.15 Å². The molecule has 0 spiro atoms. The van der Waals surface area contributed by atoms with E-state index >= 15 is 0 Å². The van der Waals surface area contributed by atoms with E-state index in [1.807, 2.05) is 26.0 Å². The fourth-order valence-corrected chi connectivity index (χ4v) is 2.41. The van der Waals surface area contributed by atoms with E-state index in [-0.39, 0.29) is 0 Å². The summed E-state index contributed by atoms with van der Waals surface area (Å²) in [5, 5.41) is 1.45. The van der Waals surface area contributed by atoms with Crippen molar-refractivity contribution in [2.24, 2.45) is 0 Å². The minimum Gasteiger partial charge on any atom is -0.265 e. The van der Waals surface area contributed by atoms with Gasteiger partial charge in [0.2, 0.25) is 0 Å². The minimum atomic E-state index is 0.536. The molecule has 0 saturated carbocycles. The first-order chi connectivity index (χ1) is 8.20. The van der Waals surface area contributed by atoms with Gasteiger partial charge in [-0.15, -0.1) is 0 Å². The summed E-state index contributed by atoms with van der Waals surface area (Å²) in [7, 11) is 0. The van der Waals surface area contributed by atoms with Crippen LogP contribution in [0.25, 0.3) is 0 Å². The molecule has 2 rings (SSSR count). The Hall–Kier alpha value is -1.13. The van der Waals surface area contributed by atoms with E-state index in [9.17, 15) is 0 Å². The molecule has 0 fully saturated rings. The molecule has 3 nitrogen and oxygen atoms in total. The number of aryl methyl sites for hydroxylation is 1. The van der Waals surface area contributed by atoms with Crippen LogP contribution in [0.1, 0.15) is 18.3 Å². The summed E-state index contributed by atoms with van der Waals surface area (Å²) < 4.78 is 0.